The second-order valence-corrected chi connectivity index (χ2v) is 5.90. The van der Waals surface area contributed by atoms with Crippen LogP contribution in [0.25, 0.3) is 0 Å². The van der Waals surface area contributed by atoms with Gasteiger partial charge >= 0.3 is 5.97 Å². The lowest BCUT2D eigenvalue weighted by atomic mass is 10.1. The Morgan fingerprint density at radius 3 is 2.61 bits per heavy atom. The van der Waals surface area contributed by atoms with Gasteiger partial charge < -0.3 is 9.47 Å². The quantitative estimate of drug-likeness (QED) is 0.552. The number of ether oxygens (including phenoxy) is 2. The number of nitriles is 1. The highest BCUT2D eigenvalue weighted by Gasteiger charge is 2.16. The number of halogens is 2. The summed E-state index contributed by atoms with van der Waals surface area (Å²) in [5.74, 6) is 0.186. The van der Waals surface area contributed by atoms with Gasteiger partial charge in [-0.25, -0.2) is 0 Å². The molecular weight excluding hydrogens is 382 g/mol. The third-order valence-electron chi connectivity index (χ3n) is 2.92. The van der Waals surface area contributed by atoms with Crippen molar-refractivity contribution >= 4 is 33.5 Å². The predicted molar refractivity (Wildman–Crippen MR) is 90.8 cm³/mol. The van der Waals surface area contributed by atoms with Gasteiger partial charge in [-0.05, 0) is 46.6 Å². The van der Waals surface area contributed by atoms with Gasteiger partial charge in [0.2, 0.25) is 0 Å². The van der Waals surface area contributed by atoms with Gasteiger partial charge in [-0.2, -0.15) is 5.26 Å². The highest BCUT2D eigenvalue weighted by Crippen LogP contribution is 2.37. The molecule has 2 rings (SSSR count). The zero-order chi connectivity index (χ0) is 16.8. The molecule has 0 N–H and O–H groups in total. The Kier molecular flexibility index (Phi) is 6.03. The van der Waals surface area contributed by atoms with Crippen LogP contribution in [0.3, 0.4) is 0 Å². The second-order valence-electron chi connectivity index (χ2n) is 4.61. The van der Waals surface area contributed by atoms with Gasteiger partial charge in [0.25, 0.3) is 0 Å². The standard InChI is InChI=1S/C17H13BrClNO3/c1-2-22-15-8-12(10-20)7-14(18)17(15)23-16(21)9-11-3-5-13(19)6-4-11/h3-8H,2,9H2,1H3. The molecule has 118 valence electrons. The molecule has 0 saturated carbocycles. The molecule has 2 aromatic rings. The van der Waals surface area contributed by atoms with Gasteiger partial charge in [-0.15, -0.1) is 0 Å². The molecule has 0 unspecified atom stereocenters. The molecule has 0 aromatic heterocycles. The van der Waals surface area contributed by atoms with Crippen molar-refractivity contribution in [1.82, 2.24) is 0 Å². The van der Waals surface area contributed by atoms with Gasteiger partial charge in [0, 0.05) is 11.1 Å². The monoisotopic (exact) mass is 393 g/mol. The lowest BCUT2D eigenvalue weighted by Crippen LogP contribution is -2.12. The summed E-state index contributed by atoms with van der Waals surface area (Å²) in [6.07, 6.45) is 0.106. The van der Waals surface area contributed by atoms with Crippen molar-refractivity contribution in [2.75, 3.05) is 6.61 Å². The average molecular weight is 395 g/mol. The summed E-state index contributed by atoms with van der Waals surface area (Å²) < 4.78 is 11.4. The molecule has 0 fully saturated rings. The number of benzene rings is 2. The largest absolute Gasteiger partial charge is 0.490 e. The Morgan fingerprint density at radius 1 is 1.30 bits per heavy atom. The summed E-state index contributed by atoms with van der Waals surface area (Å²) >= 11 is 9.12. The van der Waals surface area contributed by atoms with E-state index >= 15 is 0 Å². The van der Waals surface area contributed by atoms with Crippen molar-refractivity contribution in [2.24, 2.45) is 0 Å². The van der Waals surface area contributed by atoms with Crippen LogP contribution in [-0.2, 0) is 11.2 Å². The van der Waals surface area contributed by atoms with Crippen molar-refractivity contribution in [3.8, 4) is 17.6 Å². The van der Waals surface area contributed by atoms with Crippen LogP contribution >= 0.6 is 27.5 Å². The minimum absolute atomic E-state index is 0.106. The minimum atomic E-state index is -0.432. The van der Waals surface area contributed by atoms with E-state index in [1.807, 2.05) is 13.0 Å². The average Bonchev–Trinajstić information content (AvgIpc) is 2.53. The summed E-state index contributed by atoms with van der Waals surface area (Å²) in [7, 11) is 0. The van der Waals surface area contributed by atoms with Crippen LogP contribution in [0.5, 0.6) is 11.5 Å². The van der Waals surface area contributed by atoms with E-state index < -0.39 is 5.97 Å². The Hall–Kier alpha value is -2.03. The van der Waals surface area contributed by atoms with E-state index in [1.54, 1.807) is 36.4 Å². The first-order valence-electron chi connectivity index (χ1n) is 6.85. The fourth-order valence-corrected chi connectivity index (χ4v) is 2.56. The van der Waals surface area contributed by atoms with Crippen molar-refractivity contribution in [2.45, 2.75) is 13.3 Å². The van der Waals surface area contributed by atoms with Crippen molar-refractivity contribution in [3.63, 3.8) is 0 Å². The van der Waals surface area contributed by atoms with E-state index in [0.29, 0.717) is 27.4 Å². The molecule has 0 atom stereocenters. The SMILES string of the molecule is CCOc1cc(C#N)cc(Br)c1OC(=O)Cc1ccc(Cl)cc1. The Balaban J connectivity index is 2.19. The molecule has 0 amide bonds. The van der Waals surface area contributed by atoms with Crippen LogP contribution < -0.4 is 9.47 Å². The maximum atomic E-state index is 12.1. The maximum absolute atomic E-state index is 12.1. The normalized spacial score (nSPS) is 10.0. The third-order valence-corrected chi connectivity index (χ3v) is 3.76. The van der Waals surface area contributed by atoms with Crippen molar-refractivity contribution in [1.29, 1.82) is 5.26 Å². The molecule has 0 saturated heterocycles. The van der Waals surface area contributed by atoms with Crippen LogP contribution in [-0.4, -0.2) is 12.6 Å². The smallest absolute Gasteiger partial charge is 0.315 e. The molecule has 0 bridgehead atoms. The van der Waals surface area contributed by atoms with Gasteiger partial charge in [-0.3, -0.25) is 4.79 Å². The zero-order valence-corrected chi connectivity index (χ0v) is 14.6. The summed E-state index contributed by atoms with van der Waals surface area (Å²) in [6.45, 7) is 2.20. The van der Waals surface area contributed by atoms with E-state index in [4.69, 9.17) is 26.3 Å². The zero-order valence-electron chi connectivity index (χ0n) is 12.3. The predicted octanol–water partition coefficient (Wildman–Crippen LogP) is 4.52. The first-order valence-corrected chi connectivity index (χ1v) is 8.02. The lowest BCUT2D eigenvalue weighted by molar-refractivity contribution is -0.133. The molecule has 0 radical (unpaired) electrons. The first-order chi connectivity index (χ1) is 11.0. The highest BCUT2D eigenvalue weighted by molar-refractivity contribution is 9.10. The fraction of sp³-hybridized carbons (Fsp3) is 0.176. The maximum Gasteiger partial charge on any atom is 0.315 e. The summed E-state index contributed by atoms with van der Waals surface area (Å²) in [4.78, 5) is 12.1. The fourth-order valence-electron chi connectivity index (χ4n) is 1.91. The molecular formula is C17H13BrClNO3. The van der Waals surface area contributed by atoms with Crippen LogP contribution in [0.2, 0.25) is 5.02 Å². The summed E-state index contributed by atoms with van der Waals surface area (Å²) in [5.41, 5.74) is 1.21. The van der Waals surface area contributed by atoms with E-state index in [0.717, 1.165) is 5.56 Å². The van der Waals surface area contributed by atoms with Crippen molar-refractivity contribution < 1.29 is 14.3 Å². The number of esters is 1. The van der Waals surface area contributed by atoms with E-state index in [9.17, 15) is 4.79 Å². The minimum Gasteiger partial charge on any atom is -0.490 e. The van der Waals surface area contributed by atoms with Gasteiger partial charge in [-0.1, -0.05) is 23.7 Å². The van der Waals surface area contributed by atoms with Gasteiger partial charge in [0.1, 0.15) is 0 Å². The number of carbonyl (C=O) groups excluding carboxylic acids is 1. The molecule has 23 heavy (non-hydrogen) atoms. The van der Waals surface area contributed by atoms with Crippen molar-refractivity contribution in [3.05, 3.63) is 57.0 Å². The molecule has 0 aliphatic rings. The highest BCUT2D eigenvalue weighted by atomic mass is 79.9. The summed E-state index contributed by atoms with van der Waals surface area (Å²) in [5, 5.41) is 9.61. The van der Waals surface area contributed by atoms with Crippen LogP contribution in [0.15, 0.2) is 40.9 Å². The van der Waals surface area contributed by atoms with Crippen LogP contribution in [0.4, 0.5) is 0 Å². The third kappa shape index (κ3) is 4.72. The lowest BCUT2D eigenvalue weighted by Gasteiger charge is -2.13. The van der Waals surface area contributed by atoms with E-state index in [-0.39, 0.29) is 12.2 Å². The molecule has 0 heterocycles. The number of hydrogen-bond acceptors (Lipinski definition) is 4. The topological polar surface area (TPSA) is 59.3 Å². The molecule has 4 nitrogen and oxygen atoms in total. The van der Waals surface area contributed by atoms with Crippen LogP contribution in [0.1, 0.15) is 18.1 Å². The number of rotatable bonds is 5. The molecule has 2 aromatic carbocycles. The molecule has 0 aliphatic carbocycles. The Labute approximate surface area is 147 Å². The Bertz CT molecular complexity index is 754. The van der Waals surface area contributed by atoms with Gasteiger partial charge in [0.05, 0.1) is 29.1 Å². The van der Waals surface area contributed by atoms with Gasteiger partial charge in [0.15, 0.2) is 11.5 Å². The molecule has 6 heteroatoms. The first kappa shape index (κ1) is 17.3. The van der Waals surface area contributed by atoms with Crippen LogP contribution in [0, 0.1) is 11.3 Å². The number of nitrogens with zero attached hydrogens (tertiary/aromatic N) is 1. The van der Waals surface area contributed by atoms with E-state index in [1.165, 1.54) is 0 Å². The molecule has 0 aliphatic heterocycles. The van der Waals surface area contributed by atoms with E-state index in [2.05, 4.69) is 15.9 Å². The number of carbonyl (C=O) groups is 1. The second kappa shape index (κ2) is 8.00. The number of hydrogen-bond donors (Lipinski definition) is 0. The summed E-state index contributed by atoms with van der Waals surface area (Å²) in [6, 6.07) is 12.1. The Morgan fingerprint density at radius 2 is 2.00 bits per heavy atom. The molecule has 0 spiro atoms.